The Bertz CT molecular complexity index is 478. The quantitative estimate of drug-likeness (QED) is 0.481. The summed E-state index contributed by atoms with van der Waals surface area (Å²) in [4.78, 5) is -0.0666. The van der Waals surface area contributed by atoms with E-state index in [2.05, 4.69) is 24.4 Å². The van der Waals surface area contributed by atoms with Crippen LogP contribution < -0.4 is 5.32 Å². The number of hydrogen-bond donors (Lipinski definition) is 2. The molecule has 20 heavy (non-hydrogen) atoms. The van der Waals surface area contributed by atoms with Crippen LogP contribution in [0.25, 0.3) is 0 Å². The van der Waals surface area contributed by atoms with Crippen molar-refractivity contribution in [2.45, 2.75) is 38.0 Å². The van der Waals surface area contributed by atoms with Crippen molar-refractivity contribution in [3.8, 4) is 0 Å². The summed E-state index contributed by atoms with van der Waals surface area (Å²) < 4.78 is 29.6. The zero-order chi connectivity index (χ0) is 15.4. The minimum atomic E-state index is -4.02. The number of unbranched alkanes of at least 4 members (excludes halogenated alkanes) is 2. The number of nitrogens with one attached hydrogen (secondary N) is 1. The first-order valence-electron chi connectivity index (χ1n) is 6.71. The van der Waals surface area contributed by atoms with Gasteiger partial charge in [-0.3, -0.25) is 4.55 Å². The fraction of sp³-hybridized carbons (Fsp3) is 0.467. The van der Waals surface area contributed by atoms with Gasteiger partial charge >= 0.3 is 0 Å². The maximum absolute atomic E-state index is 10.5. The van der Waals surface area contributed by atoms with E-state index in [9.17, 15) is 8.42 Å². The lowest BCUT2D eigenvalue weighted by Gasteiger charge is -1.95. The Labute approximate surface area is 122 Å². The molecule has 0 radical (unpaired) electrons. The average molecular weight is 299 g/mol. The Morgan fingerprint density at radius 1 is 1.20 bits per heavy atom. The number of rotatable bonds is 6. The van der Waals surface area contributed by atoms with E-state index in [1.807, 2.05) is 14.0 Å². The zero-order valence-electron chi connectivity index (χ0n) is 12.5. The summed E-state index contributed by atoms with van der Waals surface area (Å²) >= 11 is 0. The maximum Gasteiger partial charge on any atom is 0.294 e. The van der Waals surface area contributed by atoms with Crippen LogP contribution in [0.1, 0.15) is 31.7 Å². The van der Waals surface area contributed by atoms with E-state index in [0.717, 1.165) is 12.1 Å². The Balaban J connectivity index is 0.000000370. The van der Waals surface area contributed by atoms with Crippen molar-refractivity contribution in [2.24, 2.45) is 0 Å². The number of hydrogen-bond acceptors (Lipinski definition) is 3. The van der Waals surface area contributed by atoms with Crippen LogP contribution in [0.5, 0.6) is 0 Å². The molecular weight excluding hydrogens is 274 g/mol. The van der Waals surface area contributed by atoms with Crippen LogP contribution in [0.4, 0.5) is 0 Å². The van der Waals surface area contributed by atoms with Crippen molar-refractivity contribution in [1.82, 2.24) is 5.32 Å². The number of benzene rings is 1. The summed E-state index contributed by atoms with van der Waals surface area (Å²) in [6.07, 6.45) is 8.17. The van der Waals surface area contributed by atoms with Gasteiger partial charge in [0, 0.05) is 0 Å². The van der Waals surface area contributed by atoms with Crippen LogP contribution in [0.15, 0.2) is 41.3 Å². The molecule has 0 aliphatic carbocycles. The number of allylic oxidation sites excluding steroid dienone is 2. The highest BCUT2D eigenvalue weighted by molar-refractivity contribution is 7.85. The molecule has 0 aliphatic rings. The third kappa shape index (κ3) is 9.72. The van der Waals surface area contributed by atoms with Gasteiger partial charge in [-0.25, -0.2) is 0 Å². The van der Waals surface area contributed by atoms with Gasteiger partial charge in [-0.05, 0) is 58.8 Å². The molecule has 0 atom stereocenters. The second-order valence-corrected chi connectivity index (χ2v) is 5.88. The highest BCUT2D eigenvalue weighted by atomic mass is 32.2. The highest BCUT2D eigenvalue weighted by Gasteiger charge is 2.06. The molecule has 2 N–H and O–H groups in total. The minimum Gasteiger partial charge on any atom is -0.320 e. The third-order valence-corrected chi connectivity index (χ3v) is 3.47. The predicted octanol–water partition coefficient (Wildman–Crippen LogP) is 3.19. The molecule has 4 nitrogen and oxygen atoms in total. The molecule has 0 amide bonds. The molecule has 0 spiro atoms. The van der Waals surface area contributed by atoms with Crippen molar-refractivity contribution < 1.29 is 13.0 Å². The van der Waals surface area contributed by atoms with Crippen molar-refractivity contribution >= 4 is 10.1 Å². The van der Waals surface area contributed by atoms with Crippen molar-refractivity contribution in [3.63, 3.8) is 0 Å². The predicted molar refractivity (Wildman–Crippen MR) is 83.6 cm³/mol. The molecule has 0 unspecified atom stereocenters. The van der Waals surface area contributed by atoms with Gasteiger partial charge in [-0.1, -0.05) is 29.8 Å². The maximum atomic E-state index is 10.5. The molecule has 0 aliphatic heterocycles. The third-order valence-electron chi connectivity index (χ3n) is 2.60. The van der Waals surface area contributed by atoms with Gasteiger partial charge in [-0.2, -0.15) is 8.42 Å². The first-order valence-corrected chi connectivity index (χ1v) is 8.15. The highest BCUT2D eigenvalue weighted by Crippen LogP contribution is 2.08. The molecule has 1 aromatic rings. The van der Waals surface area contributed by atoms with E-state index in [1.54, 1.807) is 12.1 Å². The summed E-state index contributed by atoms with van der Waals surface area (Å²) in [6, 6.07) is 5.99. The lowest BCUT2D eigenvalue weighted by molar-refractivity contribution is 0.483. The van der Waals surface area contributed by atoms with E-state index in [-0.39, 0.29) is 4.90 Å². The lowest BCUT2D eigenvalue weighted by atomic mass is 10.2. The van der Waals surface area contributed by atoms with E-state index in [0.29, 0.717) is 0 Å². The van der Waals surface area contributed by atoms with Crippen LogP contribution in [-0.4, -0.2) is 26.6 Å². The standard InChI is InChI=1S/C8H17N.C7H8O3S/c1-3-4-5-6-7-8-9-2;1-6-2-4-7(5-3-6)11(8,9)10/h3-4,9H,5-8H2,1-2H3;2-5H,1H3,(H,8,9,10)/b4-3+;. The zero-order valence-corrected chi connectivity index (χ0v) is 13.3. The van der Waals surface area contributed by atoms with E-state index in [1.165, 1.54) is 31.4 Å². The van der Waals surface area contributed by atoms with Crippen LogP contribution >= 0.6 is 0 Å². The molecule has 0 bridgehead atoms. The van der Waals surface area contributed by atoms with E-state index in [4.69, 9.17) is 4.55 Å². The Hall–Kier alpha value is -1.17. The summed E-state index contributed by atoms with van der Waals surface area (Å²) in [5.74, 6) is 0. The van der Waals surface area contributed by atoms with Gasteiger partial charge in [0.25, 0.3) is 10.1 Å². The molecular formula is C15H25NO3S. The second-order valence-electron chi connectivity index (χ2n) is 4.46. The molecule has 0 saturated heterocycles. The van der Waals surface area contributed by atoms with Crippen molar-refractivity contribution in [2.75, 3.05) is 13.6 Å². The van der Waals surface area contributed by atoms with Gasteiger partial charge in [0.15, 0.2) is 0 Å². The van der Waals surface area contributed by atoms with Gasteiger partial charge in [0.2, 0.25) is 0 Å². The molecule has 1 rings (SSSR count). The SMILES string of the molecule is C/C=C/CCCCNC.Cc1ccc(S(=O)(=O)O)cc1. The lowest BCUT2D eigenvalue weighted by Crippen LogP contribution is -2.06. The summed E-state index contributed by atoms with van der Waals surface area (Å²) in [6.45, 7) is 5.06. The normalized spacial score (nSPS) is 11.2. The van der Waals surface area contributed by atoms with Crippen LogP contribution in [0.2, 0.25) is 0 Å². The van der Waals surface area contributed by atoms with Gasteiger partial charge < -0.3 is 5.32 Å². The fourth-order valence-electron chi connectivity index (χ4n) is 1.44. The van der Waals surface area contributed by atoms with Crippen molar-refractivity contribution in [3.05, 3.63) is 42.0 Å². The smallest absolute Gasteiger partial charge is 0.294 e. The average Bonchev–Trinajstić information content (AvgIpc) is 2.39. The van der Waals surface area contributed by atoms with Crippen LogP contribution in [-0.2, 0) is 10.1 Å². The molecule has 5 heteroatoms. The van der Waals surface area contributed by atoms with Crippen LogP contribution in [0, 0.1) is 6.92 Å². The summed E-state index contributed by atoms with van der Waals surface area (Å²) in [7, 11) is -2.02. The summed E-state index contributed by atoms with van der Waals surface area (Å²) in [5.41, 5.74) is 0.956. The summed E-state index contributed by atoms with van der Waals surface area (Å²) in [5, 5.41) is 3.12. The fourth-order valence-corrected chi connectivity index (χ4v) is 1.92. The number of aryl methyl sites for hydroxylation is 1. The van der Waals surface area contributed by atoms with Gasteiger partial charge in [0.1, 0.15) is 0 Å². The molecule has 0 heterocycles. The minimum absolute atomic E-state index is 0.0666. The van der Waals surface area contributed by atoms with Gasteiger partial charge in [0.05, 0.1) is 4.90 Å². The van der Waals surface area contributed by atoms with E-state index >= 15 is 0 Å². The Kier molecular flexibility index (Phi) is 9.98. The largest absolute Gasteiger partial charge is 0.320 e. The molecule has 114 valence electrons. The molecule has 0 aromatic heterocycles. The van der Waals surface area contributed by atoms with Gasteiger partial charge in [-0.15, -0.1) is 0 Å². The van der Waals surface area contributed by atoms with E-state index < -0.39 is 10.1 Å². The molecule has 0 saturated carbocycles. The van der Waals surface area contributed by atoms with Crippen LogP contribution in [0.3, 0.4) is 0 Å². The molecule has 0 fully saturated rings. The Morgan fingerprint density at radius 3 is 2.25 bits per heavy atom. The van der Waals surface area contributed by atoms with Crippen molar-refractivity contribution in [1.29, 1.82) is 0 Å². The second kappa shape index (κ2) is 10.6. The molecule has 1 aromatic carbocycles. The topological polar surface area (TPSA) is 66.4 Å². The monoisotopic (exact) mass is 299 g/mol. The Morgan fingerprint density at radius 2 is 1.80 bits per heavy atom. The first kappa shape index (κ1) is 18.8. The first-order chi connectivity index (χ1) is 9.41.